The molecule has 0 aliphatic carbocycles. The minimum absolute atomic E-state index is 0.0279. The van der Waals surface area contributed by atoms with E-state index in [1.54, 1.807) is 7.11 Å². The third kappa shape index (κ3) is 4.40. The Morgan fingerprint density at radius 2 is 1.96 bits per heavy atom. The molecule has 1 unspecified atom stereocenters. The fourth-order valence-corrected chi connectivity index (χ4v) is 3.21. The van der Waals surface area contributed by atoms with Crippen LogP contribution in [0.1, 0.15) is 29.2 Å². The summed E-state index contributed by atoms with van der Waals surface area (Å²) in [6, 6.07) is 16.1. The lowest BCUT2D eigenvalue weighted by atomic mass is 10.0. The highest BCUT2D eigenvalue weighted by molar-refractivity contribution is 5.76. The molecule has 1 fully saturated rings. The Hall–Kier alpha value is -2.33. The Kier molecular flexibility index (Phi) is 5.71. The van der Waals surface area contributed by atoms with E-state index in [4.69, 9.17) is 9.47 Å². The maximum absolute atomic E-state index is 12.6. The number of carbonyl (C=O) groups is 1. The van der Waals surface area contributed by atoms with Gasteiger partial charge in [0.15, 0.2) is 0 Å². The summed E-state index contributed by atoms with van der Waals surface area (Å²) in [7, 11) is 1.65. The summed E-state index contributed by atoms with van der Waals surface area (Å²) in [5.74, 6) is 1.03. The van der Waals surface area contributed by atoms with Gasteiger partial charge in [0, 0.05) is 13.0 Å². The molecule has 0 saturated carbocycles. The minimum atomic E-state index is -0.0279. The number of ether oxygens (including phenoxy) is 2. The van der Waals surface area contributed by atoms with Crippen LogP contribution in [0.2, 0.25) is 0 Å². The van der Waals surface area contributed by atoms with E-state index in [1.807, 2.05) is 41.3 Å². The van der Waals surface area contributed by atoms with Gasteiger partial charge in [-0.05, 0) is 42.2 Å². The van der Waals surface area contributed by atoms with Crippen LogP contribution in [-0.4, -0.2) is 37.6 Å². The lowest BCUT2D eigenvalue weighted by Crippen LogP contribution is -2.42. The van der Waals surface area contributed by atoms with Gasteiger partial charge in [-0.2, -0.15) is 0 Å². The van der Waals surface area contributed by atoms with E-state index in [0.717, 1.165) is 17.7 Å². The molecular formula is C21H25NO3. The van der Waals surface area contributed by atoms with Crippen molar-refractivity contribution in [3.8, 4) is 5.75 Å². The summed E-state index contributed by atoms with van der Waals surface area (Å²) >= 11 is 0. The predicted octanol–water partition coefficient (Wildman–Crippen LogP) is 3.54. The van der Waals surface area contributed by atoms with Crippen molar-refractivity contribution in [2.75, 3.05) is 26.8 Å². The summed E-state index contributed by atoms with van der Waals surface area (Å²) in [5.41, 5.74) is 3.54. The average molecular weight is 339 g/mol. The van der Waals surface area contributed by atoms with Crippen LogP contribution in [-0.2, 0) is 16.0 Å². The Balaban J connectivity index is 1.57. The molecule has 2 aromatic rings. The first-order chi connectivity index (χ1) is 12.2. The van der Waals surface area contributed by atoms with Crippen molar-refractivity contribution in [2.45, 2.75) is 25.9 Å². The van der Waals surface area contributed by atoms with Crippen LogP contribution < -0.4 is 4.74 Å². The van der Waals surface area contributed by atoms with Crippen molar-refractivity contribution in [3.63, 3.8) is 0 Å². The van der Waals surface area contributed by atoms with E-state index in [-0.39, 0.29) is 12.0 Å². The predicted molar refractivity (Wildman–Crippen MR) is 97.8 cm³/mol. The van der Waals surface area contributed by atoms with E-state index in [0.29, 0.717) is 26.1 Å². The number of benzene rings is 2. The van der Waals surface area contributed by atoms with Gasteiger partial charge in [0.05, 0.1) is 20.3 Å². The van der Waals surface area contributed by atoms with Crippen LogP contribution in [0.4, 0.5) is 0 Å². The van der Waals surface area contributed by atoms with Crippen LogP contribution in [0.15, 0.2) is 48.5 Å². The molecule has 1 saturated heterocycles. The monoisotopic (exact) mass is 339 g/mol. The SMILES string of the molecule is COc1ccc(CCC(=O)N2CCOC(c3ccccc3C)C2)cc1. The summed E-state index contributed by atoms with van der Waals surface area (Å²) in [4.78, 5) is 14.5. The summed E-state index contributed by atoms with van der Waals surface area (Å²) < 4.78 is 11.1. The molecule has 2 aromatic carbocycles. The van der Waals surface area contributed by atoms with Gasteiger partial charge in [0.25, 0.3) is 0 Å². The topological polar surface area (TPSA) is 38.8 Å². The van der Waals surface area contributed by atoms with Gasteiger partial charge in [-0.3, -0.25) is 4.79 Å². The molecule has 0 aromatic heterocycles. The van der Waals surface area contributed by atoms with E-state index in [9.17, 15) is 4.79 Å². The summed E-state index contributed by atoms with van der Waals surface area (Å²) in [5, 5.41) is 0. The zero-order chi connectivity index (χ0) is 17.6. The van der Waals surface area contributed by atoms with E-state index in [2.05, 4.69) is 19.1 Å². The third-order valence-corrected chi connectivity index (χ3v) is 4.74. The second-order valence-electron chi connectivity index (χ2n) is 6.40. The maximum atomic E-state index is 12.6. The van der Waals surface area contributed by atoms with Gasteiger partial charge < -0.3 is 14.4 Å². The molecule has 0 bridgehead atoms. The third-order valence-electron chi connectivity index (χ3n) is 4.74. The molecule has 4 nitrogen and oxygen atoms in total. The fraction of sp³-hybridized carbons (Fsp3) is 0.381. The second kappa shape index (κ2) is 8.17. The van der Waals surface area contributed by atoms with Crippen LogP contribution in [0.25, 0.3) is 0 Å². The van der Waals surface area contributed by atoms with Crippen LogP contribution in [0.3, 0.4) is 0 Å². The lowest BCUT2D eigenvalue weighted by Gasteiger charge is -2.34. The molecular weight excluding hydrogens is 314 g/mol. The molecule has 1 aliphatic rings. The van der Waals surface area contributed by atoms with Gasteiger partial charge in [0.1, 0.15) is 11.9 Å². The number of methoxy groups -OCH3 is 1. The van der Waals surface area contributed by atoms with E-state index >= 15 is 0 Å². The number of hydrogen-bond donors (Lipinski definition) is 0. The zero-order valence-corrected chi connectivity index (χ0v) is 14.9. The maximum Gasteiger partial charge on any atom is 0.223 e. The van der Waals surface area contributed by atoms with Crippen LogP contribution >= 0.6 is 0 Å². The molecule has 132 valence electrons. The molecule has 4 heteroatoms. The number of carbonyl (C=O) groups excluding carboxylic acids is 1. The van der Waals surface area contributed by atoms with Crippen molar-refractivity contribution in [1.29, 1.82) is 0 Å². The molecule has 1 atom stereocenters. The first-order valence-electron chi connectivity index (χ1n) is 8.75. The van der Waals surface area contributed by atoms with Gasteiger partial charge in [-0.25, -0.2) is 0 Å². The molecule has 0 N–H and O–H groups in total. The first kappa shape index (κ1) is 17.5. The van der Waals surface area contributed by atoms with E-state index < -0.39 is 0 Å². The highest BCUT2D eigenvalue weighted by Gasteiger charge is 2.25. The Morgan fingerprint density at radius 1 is 1.20 bits per heavy atom. The minimum Gasteiger partial charge on any atom is -0.497 e. The van der Waals surface area contributed by atoms with Gasteiger partial charge in [0.2, 0.25) is 5.91 Å². The molecule has 25 heavy (non-hydrogen) atoms. The summed E-state index contributed by atoms with van der Waals surface area (Å²) in [6.45, 7) is 3.98. The summed E-state index contributed by atoms with van der Waals surface area (Å²) in [6.07, 6.45) is 1.24. The molecule has 3 rings (SSSR count). The second-order valence-corrected chi connectivity index (χ2v) is 6.40. The fourth-order valence-electron chi connectivity index (χ4n) is 3.21. The van der Waals surface area contributed by atoms with Crippen LogP contribution in [0.5, 0.6) is 5.75 Å². The van der Waals surface area contributed by atoms with Crippen LogP contribution in [0, 0.1) is 6.92 Å². The normalized spacial score (nSPS) is 17.4. The molecule has 1 heterocycles. The quantitative estimate of drug-likeness (QED) is 0.836. The van der Waals surface area contributed by atoms with Crippen molar-refractivity contribution >= 4 is 5.91 Å². The Bertz CT molecular complexity index is 711. The van der Waals surface area contributed by atoms with Gasteiger partial charge in [-0.1, -0.05) is 36.4 Å². The van der Waals surface area contributed by atoms with Crippen molar-refractivity contribution in [2.24, 2.45) is 0 Å². The Morgan fingerprint density at radius 3 is 2.68 bits per heavy atom. The standard InChI is InChI=1S/C21H25NO3/c1-16-5-3-4-6-19(16)20-15-22(13-14-25-20)21(23)12-9-17-7-10-18(24-2)11-8-17/h3-8,10-11,20H,9,12-15H2,1-2H3. The average Bonchev–Trinajstić information content (AvgIpc) is 2.67. The smallest absolute Gasteiger partial charge is 0.223 e. The van der Waals surface area contributed by atoms with Crippen molar-refractivity contribution < 1.29 is 14.3 Å². The Labute approximate surface area is 149 Å². The van der Waals surface area contributed by atoms with Crippen molar-refractivity contribution in [1.82, 2.24) is 4.90 Å². The molecule has 0 spiro atoms. The molecule has 1 aliphatic heterocycles. The van der Waals surface area contributed by atoms with Gasteiger partial charge in [-0.15, -0.1) is 0 Å². The number of nitrogens with zero attached hydrogens (tertiary/aromatic N) is 1. The number of hydrogen-bond acceptors (Lipinski definition) is 3. The largest absolute Gasteiger partial charge is 0.497 e. The van der Waals surface area contributed by atoms with E-state index in [1.165, 1.54) is 11.1 Å². The number of rotatable bonds is 5. The molecule has 1 amide bonds. The zero-order valence-electron chi connectivity index (χ0n) is 14.9. The first-order valence-corrected chi connectivity index (χ1v) is 8.75. The molecule has 0 radical (unpaired) electrons. The number of aryl methyl sites for hydroxylation is 2. The van der Waals surface area contributed by atoms with Crippen molar-refractivity contribution in [3.05, 3.63) is 65.2 Å². The highest BCUT2D eigenvalue weighted by Crippen LogP contribution is 2.25. The van der Waals surface area contributed by atoms with Gasteiger partial charge >= 0.3 is 0 Å². The number of morpholine rings is 1. The number of amides is 1. The highest BCUT2D eigenvalue weighted by atomic mass is 16.5. The lowest BCUT2D eigenvalue weighted by molar-refractivity contribution is -0.139.